The first-order chi connectivity index (χ1) is 11.6. The van der Waals surface area contributed by atoms with Crippen LogP contribution in [-0.2, 0) is 0 Å². The normalized spacial score (nSPS) is 10.5. The van der Waals surface area contributed by atoms with Crippen LogP contribution in [0.25, 0.3) is 21.5 Å². The maximum atomic E-state index is 13.1. The third-order valence-electron chi connectivity index (χ3n) is 3.44. The van der Waals surface area contributed by atoms with Crippen LogP contribution in [0.15, 0.2) is 65.7 Å². The minimum absolute atomic E-state index is 0.125. The first-order valence-corrected chi connectivity index (χ1v) is 7.40. The highest BCUT2D eigenvalue weighted by Gasteiger charge is 2.04. The fraction of sp³-hybridized carbons (Fsp3) is 0. The smallest absolute Gasteiger partial charge is 0.258 e. The lowest BCUT2D eigenvalue weighted by Gasteiger charge is -1.98. The molecule has 3 nitrogen and oxygen atoms in total. The van der Waals surface area contributed by atoms with Crippen LogP contribution >= 0.6 is 11.6 Å². The summed E-state index contributed by atoms with van der Waals surface area (Å²) in [7, 11) is 0. The zero-order valence-electron chi connectivity index (χ0n) is 12.3. The molecule has 4 aromatic rings. The van der Waals surface area contributed by atoms with Crippen LogP contribution in [0, 0.1) is 11.6 Å². The van der Waals surface area contributed by atoms with E-state index in [1.807, 2.05) is 0 Å². The molecule has 2 heterocycles. The number of rotatable bonds is 0. The fourth-order valence-electron chi connectivity index (χ4n) is 2.34. The number of benzene rings is 2. The number of H-pyrrole nitrogens is 1. The SMILES string of the molecule is Fc1cccc2ccnc(Cl)c12.O=c1[nH]ccc2cccc(F)c12. The molecule has 0 radical (unpaired) electrons. The zero-order chi connectivity index (χ0) is 17.1. The molecule has 0 saturated carbocycles. The third kappa shape index (κ3) is 3.12. The Hall–Kier alpha value is -2.79. The predicted octanol–water partition coefficient (Wildman–Crippen LogP) is 4.69. The number of aromatic amines is 1. The van der Waals surface area contributed by atoms with Crippen molar-refractivity contribution in [1.29, 1.82) is 0 Å². The van der Waals surface area contributed by atoms with E-state index >= 15 is 0 Å². The molecule has 0 aliphatic rings. The number of nitrogens with one attached hydrogen (secondary N) is 1. The van der Waals surface area contributed by atoms with Gasteiger partial charge in [-0.2, -0.15) is 0 Å². The van der Waals surface area contributed by atoms with Gasteiger partial charge in [0.25, 0.3) is 5.56 Å². The van der Waals surface area contributed by atoms with Crippen LogP contribution in [0.4, 0.5) is 8.78 Å². The Labute approximate surface area is 140 Å². The maximum Gasteiger partial charge on any atom is 0.258 e. The van der Waals surface area contributed by atoms with Gasteiger partial charge >= 0.3 is 0 Å². The van der Waals surface area contributed by atoms with Crippen molar-refractivity contribution in [3.8, 4) is 0 Å². The van der Waals surface area contributed by atoms with Crippen LogP contribution in [0.5, 0.6) is 0 Å². The quantitative estimate of drug-likeness (QED) is 0.470. The first kappa shape index (κ1) is 16.1. The number of halogens is 3. The average Bonchev–Trinajstić information content (AvgIpc) is 2.56. The van der Waals surface area contributed by atoms with Crippen LogP contribution in [-0.4, -0.2) is 9.97 Å². The molecule has 4 rings (SSSR count). The highest BCUT2D eigenvalue weighted by molar-refractivity contribution is 6.34. The summed E-state index contributed by atoms with van der Waals surface area (Å²) in [5, 5.41) is 2.13. The van der Waals surface area contributed by atoms with Gasteiger partial charge in [0.15, 0.2) is 0 Å². The lowest BCUT2D eigenvalue weighted by molar-refractivity contribution is 0.638. The van der Waals surface area contributed by atoms with Crippen molar-refractivity contribution < 1.29 is 8.78 Å². The molecule has 0 aliphatic heterocycles. The number of hydrogen-bond acceptors (Lipinski definition) is 2. The van der Waals surface area contributed by atoms with E-state index in [0.29, 0.717) is 10.8 Å². The molecule has 0 saturated heterocycles. The molecule has 0 amide bonds. The molecule has 0 atom stereocenters. The van der Waals surface area contributed by atoms with E-state index in [-0.39, 0.29) is 21.9 Å². The Morgan fingerprint density at radius 2 is 1.50 bits per heavy atom. The van der Waals surface area contributed by atoms with Gasteiger partial charge in [-0.3, -0.25) is 4.79 Å². The topological polar surface area (TPSA) is 45.8 Å². The molecule has 0 unspecified atom stereocenters. The molecule has 1 N–H and O–H groups in total. The van der Waals surface area contributed by atoms with Crippen molar-refractivity contribution in [2.45, 2.75) is 0 Å². The van der Waals surface area contributed by atoms with Crippen LogP contribution in [0.1, 0.15) is 0 Å². The first-order valence-electron chi connectivity index (χ1n) is 7.02. The minimum atomic E-state index is -0.477. The molecule has 6 heteroatoms. The van der Waals surface area contributed by atoms with Gasteiger partial charge in [-0.05, 0) is 35.0 Å². The Balaban J connectivity index is 0.000000141. The summed E-state index contributed by atoms with van der Waals surface area (Å²) in [6.07, 6.45) is 3.06. The second kappa shape index (κ2) is 6.76. The largest absolute Gasteiger partial charge is 0.328 e. The Kier molecular flexibility index (Phi) is 4.53. The van der Waals surface area contributed by atoms with Crippen molar-refractivity contribution in [2.75, 3.05) is 0 Å². The standard InChI is InChI=1S/C9H5ClFN.C9H6FNO/c10-9-8-6(4-5-12-9)2-1-3-7(8)11;10-7-3-1-2-6-4-5-11-9(12)8(6)7/h1-5H;1-5H,(H,11,12). The van der Waals surface area contributed by atoms with Crippen molar-refractivity contribution in [3.63, 3.8) is 0 Å². The van der Waals surface area contributed by atoms with Crippen molar-refractivity contribution in [2.24, 2.45) is 0 Å². The Bertz CT molecular complexity index is 1040. The Morgan fingerprint density at radius 3 is 2.12 bits per heavy atom. The maximum absolute atomic E-state index is 13.1. The van der Waals surface area contributed by atoms with Gasteiger partial charge in [0.2, 0.25) is 0 Å². The predicted molar refractivity (Wildman–Crippen MR) is 91.2 cm³/mol. The highest BCUT2D eigenvalue weighted by atomic mass is 35.5. The summed E-state index contributed by atoms with van der Waals surface area (Å²) in [6, 6.07) is 12.8. The summed E-state index contributed by atoms with van der Waals surface area (Å²) >= 11 is 5.71. The molecule has 0 aliphatic carbocycles. The van der Waals surface area contributed by atoms with Crippen LogP contribution in [0.3, 0.4) is 0 Å². The highest BCUT2D eigenvalue weighted by Crippen LogP contribution is 2.23. The number of hydrogen-bond donors (Lipinski definition) is 1. The van der Waals surface area contributed by atoms with Gasteiger partial charge in [-0.1, -0.05) is 35.9 Å². The van der Waals surface area contributed by atoms with Crippen molar-refractivity contribution in [3.05, 3.63) is 88.1 Å². The van der Waals surface area contributed by atoms with Gasteiger partial charge in [-0.25, -0.2) is 13.8 Å². The van der Waals surface area contributed by atoms with Crippen molar-refractivity contribution >= 4 is 33.1 Å². The molecule has 0 bridgehead atoms. The summed E-state index contributed by atoms with van der Waals surface area (Å²) < 4.78 is 26.1. The third-order valence-corrected chi connectivity index (χ3v) is 3.73. The van der Waals surface area contributed by atoms with Crippen LogP contribution < -0.4 is 5.56 Å². The molecule has 2 aromatic carbocycles. The van der Waals surface area contributed by atoms with Gasteiger partial charge in [0, 0.05) is 12.4 Å². The number of fused-ring (bicyclic) bond motifs is 2. The van der Waals surface area contributed by atoms with Crippen molar-refractivity contribution in [1.82, 2.24) is 9.97 Å². The van der Waals surface area contributed by atoms with Crippen LogP contribution in [0.2, 0.25) is 5.15 Å². The lowest BCUT2D eigenvalue weighted by Crippen LogP contribution is -2.05. The van der Waals surface area contributed by atoms with E-state index in [2.05, 4.69) is 9.97 Å². The van der Waals surface area contributed by atoms with Gasteiger partial charge < -0.3 is 4.98 Å². The van der Waals surface area contributed by atoms with E-state index in [1.165, 1.54) is 18.3 Å². The Morgan fingerprint density at radius 1 is 0.875 bits per heavy atom. The summed E-state index contributed by atoms with van der Waals surface area (Å²) in [4.78, 5) is 17.3. The van der Waals surface area contributed by atoms with E-state index in [4.69, 9.17) is 11.6 Å². The number of aromatic nitrogens is 2. The number of nitrogens with zero attached hydrogens (tertiary/aromatic N) is 1. The van der Waals surface area contributed by atoms with Gasteiger partial charge in [-0.15, -0.1) is 0 Å². The molecular formula is C18H11ClF2N2O. The summed E-state index contributed by atoms with van der Waals surface area (Å²) in [5.41, 5.74) is -0.384. The molecule has 2 aromatic heterocycles. The monoisotopic (exact) mass is 344 g/mol. The summed E-state index contributed by atoms with van der Waals surface area (Å²) in [5.74, 6) is -0.806. The fourth-order valence-corrected chi connectivity index (χ4v) is 2.60. The average molecular weight is 345 g/mol. The zero-order valence-corrected chi connectivity index (χ0v) is 13.0. The van der Waals surface area contributed by atoms with E-state index in [1.54, 1.807) is 42.6 Å². The van der Waals surface area contributed by atoms with Gasteiger partial charge in [0.1, 0.15) is 16.8 Å². The van der Waals surface area contributed by atoms with E-state index in [0.717, 1.165) is 5.39 Å². The van der Waals surface area contributed by atoms with E-state index in [9.17, 15) is 13.6 Å². The molecule has 24 heavy (non-hydrogen) atoms. The molecular weight excluding hydrogens is 334 g/mol. The van der Waals surface area contributed by atoms with E-state index < -0.39 is 5.82 Å². The summed E-state index contributed by atoms with van der Waals surface area (Å²) in [6.45, 7) is 0. The van der Waals surface area contributed by atoms with Gasteiger partial charge in [0.05, 0.1) is 10.8 Å². The lowest BCUT2D eigenvalue weighted by atomic mass is 10.2. The second-order valence-corrected chi connectivity index (χ2v) is 5.31. The molecule has 0 spiro atoms. The second-order valence-electron chi connectivity index (χ2n) is 4.95. The molecule has 120 valence electrons. The number of pyridine rings is 2. The minimum Gasteiger partial charge on any atom is -0.328 e. The molecule has 0 fully saturated rings.